The number of ether oxygens (including phenoxy) is 1. The van der Waals surface area contributed by atoms with E-state index in [1.54, 1.807) is 43.3 Å². The van der Waals surface area contributed by atoms with E-state index in [2.05, 4.69) is 10.7 Å². The van der Waals surface area contributed by atoms with Gasteiger partial charge in [-0.15, -0.1) is 5.73 Å². The van der Waals surface area contributed by atoms with Crippen molar-refractivity contribution in [3.63, 3.8) is 0 Å². The van der Waals surface area contributed by atoms with Crippen LogP contribution in [0.25, 0.3) is 11.8 Å². The molecule has 3 rings (SSSR count). The number of aromatic hydroxyl groups is 1. The minimum atomic E-state index is -0.359. The molecule has 0 unspecified atom stereocenters. The highest BCUT2D eigenvalue weighted by atomic mass is 16.5. The summed E-state index contributed by atoms with van der Waals surface area (Å²) in [5.74, 6) is 0.604. The van der Waals surface area contributed by atoms with Gasteiger partial charge in [0.05, 0.1) is 12.7 Å². The number of hydrogen-bond donors (Lipinski definition) is 2. The lowest BCUT2D eigenvalue weighted by molar-refractivity contribution is -0.597. The van der Waals surface area contributed by atoms with Gasteiger partial charge in [-0.05, 0) is 37.3 Å². The second-order valence-corrected chi connectivity index (χ2v) is 6.22. The second kappa shape index (κ2) is 8.29. The van der Waals surface area contributed by atoms with Crippen molar-refractivity contribution >= 4 is 11.8 Å². The van der Waals surface area contributed by atoms with Gasteiger partial charge in [-0.3, -0.25) is 9.78 Å². The highest BCUT2D eigenvalue weighted by Crippen LogP contribution is 2.21. The van der Waals surface area contributed by atoms with Crippen LogP contribution in [0.1, 0.15) is 11.1 Å². The van der Waals surface area contributed by atoms with Crippen LogP contribution in [0.15, 0.2) is 71.6 Å². The Kier molecular flexibility index (Phi) is 5.63. The normalized spacial score (nSPS) is 10.1. The fraction of sp³-hybridized carbons (Fsp3) is 0.136. The van der Waals surface area contributed by atoms with Gasteiger partial charge in [0.2, 0.25) is 0 Å². The fourth-order valence-electron chi connectivity index (χ4n) is 2.87. The van der Waals surface area contributed by atoms with E-state index in [9.17, 15) is 9.90 Å². The Balaban J connectivity index is 1.95. The maximum Gasteiger partial charge on any atom is 0.323 e. The van der Waals surface area contributed by atoms with Gasteiger partial charge >= 0.3 is 5.56 Å². The zero-order valence-corrected chi connectivity index (χ0v) is 16.0. The van der Waals surface area contributed by atoms with Crippen LogP contribution >= 0.6 is 0 Å². The third-order valence-electron chi connectivity index (χ3n) is 4.41. The quantitative estimate of drug-likeness (QED) is 0.531. The molecule has 2 N–H and O–H groups in total. The first-order chi connectivity index (χ1) is 13.5. The third-order valence-corrected chi connectivity index (χ3v) is 4.41. The average Bonchev–Trinajstić information content (AvgIpc) is 2.71. The molecule has 0 bridgehead atoms. The minimum Gasteiger partial charge on any atom is -0.497 e. The van der Waals surface area contributed by atoms with E-state index in [1.807, 2.05) is 54.4 Å². The van der Waals surface area contributed by atoms with E-state index in [4.69, 9.17) is 4.74 Å². The summed E-state index contributed by atoms with van der Waals surface area (Å²) in [4.78, 5) is 16.7. The minimum absolute atomic E-state index is 0.184. The smallest absolute Gasteiger partial charge is 0.323 e. The number of rotatable bonds is 5. The Bertz CT molecular complexity index is 1080. The number of aromatic amines is 1. The van der Waals surface area contributed by atoms with Crippen molar-refractivity contribution in [3.05, 3.63) is 88.3 Å². The predicted octanol–water partition coefficient (Wildman–Crippen LogP) is 2.94. The molecule has 28 heavy (non-hydrogen) atoms. The summed E-state index contributed by atoms with van der Waals surface area (Å²) in [5, 5.41) is 10.2. The van der Waals surface area contributed by atoms with Crippen molar-refractivity contribution in [1.82, 2.24) is 4.98 Å². The van der Waals surface area contributed by atoms with E-state index in [-0.39, 0.29) is 11.4 Å². The summed E-state index contributed by atoms with van der Waals surface area (Å²) >= 11 is 0. The summed E-state index contributed by atoms with van der Waals surface area (Å²) in [6.45, 7) is 1.80. The molecule has 0 amide bonds. The number of nitrogens with zero attached hydrogens (tertiary/aromatic N) is 2. The lowest BCUT2D eigenvalue weighted by Crippen LogP contribution is -2.38. The number of pyridine rings is 2. The Morgan fingerprint density at radius 2 is 1.86 bits per heavy atom. The topological polar surface area (TPSA) is 69.4 Å². The molecule has 2 aromatic heterocycles. The van der Waals surface area contributed by atoms with Crippen LogP contribution in [0.5, 0.6) is 11.6 Å². The van der Waals surface area contributed by atoms with Crippen LogP contribution in [0.3, 0.4) is 0 Å². The number of anilines is 1. The van der Waals surface area contributed by atoms with E-state index in [0.717, 1.165) is 11.4 Å². The molecule has 0 saturated heterocycles. The van der Waals surface area contributed by atoms with Gasteiger partial charge in [0.25, 0.3) is 5.69 Å². The van der Waals surface area contributed by atoms with Crippen LogP contribution in [0, 0.1) is 6.92 Å². The number of benzene rings is 1. The zero-order chi connectivity index (χ0) is 20.1. The highest BCUT2D eigenvalue weighted by molar-refractivity contribution is 5.61. The molecule has 0 aliphatic carbocycles. The first-order valence-electron chi connectivity index (χ1n) is 8.73. The molecular formula is C22H22N3O3+. The number of aromatic nitrogens is 2. The molecule has 6 nitrogen and oxygen atoms in total. The van der Waals surface area contributed by atoms with Crippen LogP contribution in [-0.2, 0) is 0 Å². The van der Waals surface area contributed by atoms with E-state index >= 15 is 0 Å². The molecule has 0 aliphatic heterocycles. The van der Waals surface area contributed by atoms with Gasteiger partial charge in [-0.1, -0.05) is 6.07 Å². The van der Waals surface area contributed by atoms with Gasteiger partial charge in [-0.2, -0.15) is 4.57 Å². The number of H-pyrrole nitrogens is 1. The maximum absolute atomic E-state index is 12.3. The van der Waals surface area contributed by atoms with Crippen molar-refractivity contribution in [2.75, 3.05) is 19.1 Å². The zero-order valence-electron chi connectivity index (χ0n) is 16.0. The summed E-state index contributed by atoms with van der Waals surface area (Å²) in [6.07, 6.45) is 6.97. The summed E-state index contributed by atoms with van der Waals surface area (Å²) < 4.78 is 6.88. The van der Waals surface area contributed by atoms with Crippen LogP contribution < -0.4 is 19.8 Å². The lowest BCUT2D eigenvalue weighted by atomic mass is 10.1. The molecule has 142 valence electrons. The molecular weight excluding hydrogens is 354 g/mol. The van der Waals surface area contributed by atoms with Gasteiger partial charge in [0.15, 0.2) is 18.3 Å². The summed E-state index contributed by atoms with van der Waals surface area (Å²) in [5.41, 5.74) is 5.28. The van der Waals surface area contributed by atoms with Crippen molar-refractivity contribution < 1.29 is 14.4 Å². The molecule has 0 atom stereocenters. The van der Waals surface area contributed by atoms with Crippen LogP contribution in [0.4, 0.5) is 5.69 Å². The monoisotopic (exact) mass is 376 g/mol. The largest absolute Gasteiger partial charge is 0.497 e. The fourth-order valence-corrected chi connectivity index (χ4v) is 2.87. The second-order valence-electron chi connectivity index (χ2n) is 6.22. The number of hydrogen-bond acceptors (Lipinski definition) is 4. The summed E-state index contributed by atoms with van der Waals surface area (Å²) in [7, 11) is 3.52. The molecule has 0 radical (unpaired) electrons. The Labute approximate surface area is 163 Å². The van der Waals surface area contributed by atoms with E-state index in [0.29, 0.717) is 16.8 Å². The Morgan fingerprint density at radius 3 is 2.50 bits per heavy atom. The van der Waals surface area contributed by atoms with Gasteiger partial charge < -0.3 is 14.7 Å². The average molecular weight is 376 g/mol. The standard InChI is InChI=1S/C22H21N3O3/c1-16-19(8-7-13-24(2)17-9-11-18(28-3)12-10-17)21(26)23-22(27)20(16)25-14-5-4-6-15-25/h4-6,8-15H,1-3H3,(H-,23,26,27)/p+1. The van der Waals surface area contributed by atoms with Gasteiger partial charge in [0.1, 0.15) is 5.75 Å². The maximum atomic E-state index is 12.3. The molecule has 0 spiro atoms. The van der Waals surface area contributed by atoms with Crippen molar-refractivity contribution in [3.8, 4) is 17.3 Å². The van der Waals surface area contributed by atoms with E-state index < -0.39 is 0 Å². The summed E-state index contributed by atoms with van der Waals surface area (Å²) in [6, 6.07) is 13.2. The van der Waals surface area contributed by atoms with E-state index in [1.165, 1.54) is 0 Å². The third kappa shape index (κ3) is 3.98. The van der Waals surface area contributed by atoms with Gasteiger partial charge in [0, 0.05) is 36.6 Å². The van der Waals surface area contributed by atoms with Crippen LogP contribution in [0.2, 0.25) is 0 Å². The first kappa shape index (κ1) is 19.0. The Hall–Kier alpha value is -3.76. The number of nitrogens with one attached hydrogen (secondary N) is 1. The molecule has 6 heteroatoms. The molecule has 0 saturated carbocycles. The van der Waals surface area contributed by atoms with Crippen molar-refractivity contribution in [2.45, 2.75) is 6.92 Å². The lowest BCUT2D eigenvalue weighted by Gasteiger charge is -2.13. The van der Waals surface area contributed by atoms with Gasteiger partial charge in [-0.25, -0.2) is 0 Å². The molecule has 1 aromatic carbocycles. The molecule has 3 aromatic rings. The Morgan fingerprint density at radius 1 is 1.18 bits per heavy atom. The van der Waals surface area contributed by atoms with Crippen LogP contribution in [-0.4, -0.2) is 24.2 Å². The number of methoxy groups -OCH3 is 1. The molecule has 0 fully saturated rings. The first-order valence-corrected chi connectivity index (χ1v) is 8.73. The van der Waals surface area contributed by atoms with Crippen molar-refractivity contribution in [2.24, 2.45) is 0 Å². The van der Waals surface area contributed by atoms with Crippen molar-refractivity contribution in [1.29, 1.82) is 0 Å². The SMILES string of the molecule is COc1ccc(N(C)C=C=Cc2c(O)[nH]c(=O)c(-[n+]3ccccc3)c2C)cc1. The molecule has 0 aliphatic rings. The molecule has 2 heterocycles. The predicted molar refractivity (Wildman–Crippen MR) is 109 cm³/mol. The highest BCUT2D eigenvalue weighted by Gasteiger charge is 2.19.